The molecule has 0 aliphatic rings. The topological polar surface area (TPSA) is 74.8 Å². The third kappa shape index (κ3) is 4.69. The minimum Gasteiger partial charge on any atom is -0.321 e. The van der Waals surface area contributed by atoms with Crippen molar-refractivity contribution in [3.05, 3.63) is 85.2 Å². The summed E-state index contributed by atoms with van der Waals surface area (Å²) in [5.74, 6) is 0.862. The van der Waals surface area contributed by atoms with Crippen molar-refractivity contribution in [3.8, 4) is 0 Å². The number of thiophene rings is 1. The Balaban J connectivity index is 1.60. The fourth-order valence-electron chi connectivity index (χ4n) is 3.20. The summed E-state index contributed by atoms with van der Waals surface area (Å²) in [5.41, 5.74) is 3.43. The van der Waals surface area contributed by atoms with Crippen molar-refractivity contribution < 1.29 is 4.79 Å². The molecule has 0 spiro atoms. The van der Waals surface area contributed by atoms with Gasteiger partial charge in [-0.05, 0) is 62.2 Å². The number of halogens is 1. The molecule has 0 fully saturated rings. The fourth-order valence-corrected chi connectivity index (χ4v) is 5.42. The number of hydrogen-bond donors (Lipinski definition) is 2. The molecule has 0 unspecified atom stereocenters. The van der Waals surface area contributed by atoms with Crippen LogP contribution < -0.4 is 10.9 Å². The first-order chi connectivity index (χ1) is 14.8. The third-order valence-electron chi connectivity index (χ3n) is 4.87. The molecule has 2 aromatic carbocycles. The number of aryl methyl sites for hydroxylation is 3. The molecule has 4 rings (SSSR count). The molecule has 2 N–H and O–H groups in total. The third-order valence-corrected chi connectivity index (χ3v) is 7.47. The summed E-state index contributed by atoms with van der Waals surface area (Å²) < 4.78 is 0. The van der Waals surface area contributed by atoms with Gasteiger partial charge in [-0.1, -0.05) is 29.3 Å². The SMILES string of the molecule is Cc1ccc(C)c(SCc2nc3sc(C(=O)Nc4ccc(Cl)cc4)c(C)c3c(=O)[nH]2)c1. The Morgan fingerprint density at radius 3 is 2.65 bits per heavy atom. The van der Waals surface area contributed by atoms with Crippen molar-refractivity contribution in [1.82, 2.24) is 9.97 Å². The number of benzene rings is 2. The molecule has 8 heteroatoms. The number of rotatable bonds is 5. The predicted octanol–water partition coefficient (Wildman–Crippen LogP) is 6.11. The highest BCUT2D eigenvalue weighted by Gasteiger charge is 2.19. The number of aromatic nitrogens is 2. The molecule has 0 saturated heterocycles. The summed E-state index contributed by atoms with van der Waals surface area (Å²) in [6.07, 6.45) is 0. The van der Waals surface area contributed by atoms with Gasteiger partial charge in [0, 0.05) is 15.6 Å². The molecule has 4 aromatic rings. The van der Waals surface area contributed by atoms with E-state index in [-0.39, 0.29) is 11.5 Å². The number of hydrogen-bond acceptors (Lipinski definition) is 5. The minimum atomic E-state index is -0.270. The van der Waals surface area contributed by atoms with E-state index in [2.05, 4.69) is 47.3 Å². The van der Waals surface area contributed by atoms with Crippen LogP contribution in [-0.2, 0) is 5.75 Å². The Labute approximate surface area is 192 Å². The maximum absolute atomic E-state index is 12.8. The largest absolute Gasteiger partial charge is 0.321 e. The van der Waals surface area contributed by atoms with E-state index in [1.54, 1.807) is 43.0 Å². The van der Waals surface area contributed by atoms with Crippen molar-refractivity contribution in [3.63, 3.8) is 0 Å². The first-order valence-corrected chi connectivity index (χ1v) is 11.8. The lowest BCUT2D eigenvalue weighted by molar-refractivity contribution is 0.103. The molecule has 0 aliphatic carbocycles. The summed E-state index contributed by atoms with van der Waals surface area (Å²) >= 11 is 8.76. The van der Waals surface area contributed by atoms with Crippen LogP contribution in [0.4, 0.5) is 5.69 Å². The van der Waals surface area contributed by atoms with Gasteiger partial charge in [0.25, 0.3) is 11.5 Å². The summed E-state index contributed by atoms with van der Waals surface area (Å²) in [7, 11) is 0. The molecule has 0 atom stereocenters. The molecule has 0 radical (unpaired) electrons. The maximum atomic E-state index is 12.8. The van der Waals surface area contributed by atoms with Crippen LogP contribution in [0.2, 0.25) is 5.02 Å². The number of nitrogens with one attached hydrogen (secondary N) is 2. The van der Waals surface area contributed by atoms with Crippen LogP contribution in [0, 0.1) is 20.8 Å². The quantitative estimate of drug-likeness (QED) is 0.346. The Hall–Kier alpha value is -2.61. The van der Waals surface area contributed by atoms with Crippen molar-refractivity contribution in [2.45, 2.75) is 31.4 Å². The van der Waals surface area contributed by atoms with Gasteiger partial charge in [0.2, 0.25) is 0 Å². The van der Waals surface area contributed by atoms with Gasteiger partial charge in [0.15, 0.2) is 0 Å². The van der Waals surface area contributed by atoms with E-state index in [0.29, 0.717) is 42.9 Å². The number of carbonyl (C=O) groups is 1. The fraction of sp³-hybridized carbons (Fsp3) is 0.174. The van der Waals surface area contributed by atoms with E-state index in [0.717, 1.165) is 4.90 Å². The van der Waals surface area contributed by atoms with Gasteiger partial charge < -0.3 is 10.3 Å². The molecule has 31 heavy (non-hydrogen) atoms. The second kappa shape index (κ2) is 8.86. The number of nitrogens with zero attached hydrogens (tertiary/aromatic N) is 1. The van der Waals surface area contributed by atoms with Crippen LogP contribution in [-0.4, -0.2) is 15.9 Å². The lowest BCUT2D eigenvalue weighted by Gasteiger charge is -2.06. The zero-order chi connectivity index (χ0) is 22.1. The van der Waals surface area contributed by atoms with Crippen molar-refractivity contribution in [2.75, 3.05) is 5.32 Å². The first kappa shape index (κ1) is 21.6. The van der Waals surface area contributed by atoms with E-state index in [4.69, 9.17) is 11.6 Å². The van der Waals surface area contributed by atoms with E-state index in [1.807, 2.05) is 0 Å². The van der Waals surface area contributed by atoms with Crippen LogP contribution in [0.15, 0.2) is 52.2 Å². The molecule has 158 valence electrons. The highest BCUT2D eigenvalue weighted by Crippen LogP contribution is 2.30. The number of thioether (sulfide) groups is 1. The zero-order valence-electron chi connectivity index (χ0n) is 17.2. The first-order valence-electron chi connectivity index (χ1n) is 9.61. The zero-order valence-corrected chi connectivity index (χ0v) is 19.6. The number of amides is 1. The van der Waals surface area contributed by atoms with Crippen molar-refractivity contribution in [2.24, 2.45) is 0 Å². The standard InChI is InChI=1S/C23H20ClN3O2S2/c1-12-4-5-13(2)17(10-12)30-11-18-26-21(28)19-14(3)20(31-23(19)27-18)22(29)25-16-8-6-15(24)7-9-16/h4-10H,11H2,1-3H3,(H,25,29)(H,26,27,28). The lowest BCUT2D eigenvalue weighted by Crippen LogP contribution is -2.13. The number of anilines is 1. The summed E-state index contributed by atoms with van der Waals surface area (Å²) in [4.78, 5) is 35.2. The summed E-state index contributed by atoms with van der Waals surface area (Å²) in [6.45, 7) is 5.90. The highest BCUT2D eigenvalue weighted by molar-refractivity contribution is 7.98. The van der Waals surface area contributed by atoms with Gasteiger partial charge in [-0.3, -0.25) is 9.59 Å². The maximum Gasteiger partial charge on any atom is 0.266 e. The van der Waals surface area contributed by atoms with Gasteiger partial charge in [0.05, 0.1) is 16.0 Å². The molecule has 0 aliphatic heterocycles. The summed E-state index contributed by atoms with van der Waals surface area (Å²) in [6, 6.07) is 13.2. The normalized spacial score (nSPS) is 11.1. The number of carbonyl (C=O) groups excluding carboxylic acids is 1. The average Bonchev–Trinajstić information content (AvgIpc) is 3.07. The Kier molecular flexibility index (Phi) is 6.18. The number of fused-ring (bicyclic) bond motifs is 1. The number of aromatic amines is 1. The van der Waals surface area contributed by atoms with Gasteiger partial charge >= 0.3 is 0 Å². The van der Waals surface area contributed by atoms with Gasteiger partial charge in [-0.2, -0.15) is 0 Å². The molecule has 2 heterocycles. The molecular formula is C23H20ClN3O2S2. The van der Waals surface area contributed by atoms with Crippen molar-refractivity contribution >= 4 is 56.5 Å². The average molecular weight is 470 g/mol. The smallest absolute Gasteiger partial charge is 0.266 e. The monoisotopic (exact) mass is 469 g/mol. The molecular weight excluding hydrogens is 450 g/mol. The second-order valence-corrected chi connectivity index (χ2v) is 9.72. The van der Waals surface area contributed by atoms with Crippen LogP contribution >= 0.6 is 34.7 Å². The van der Waals surface area contributed by atoms with Gasteiger partial charge in [0.1, 0.15) is 10.7 Å². The summed E-state index contributed by atoms with van der Waals surface area (Å²) in [5, 5.41) is 3.91. The van der Waals surface area contributed by atoms with Gasteiger partial charge in [-0.25, -0.2) is 4.98 Å². The van der Waals surface area contributed by atoms with Gasteiger partial charge in [-0.15, -0.1) is 23.1 Å². The van der Waals surface area contributed by atoms with E-state index in [9.17, 15) is 9.59 Å². The van der Waals surface area contributed by atoms with Crippen molar-refractivity contribution in [1.29, 1.82) is 0 Å². The molecule has 5 nitrogen and oxygen atoms in total. The highest BCUT2D eigenvalue weighted by atomic mass is 35.5. The molecule has 0 bridgehead atoms. The van der Waals surface area contributed by atoms with E-state index < -0.39 is 0 Å². The Morgan fingerprint density at radius 1 is 1.16 bits per heavy atom. The lowest BCUT2D eigenvalue weighted by atomic mass is 10.2. The van der Waals surface area contributed by atoms with E-state index >= 15 is 0 Å². The van der Waals surface area contributed by atoms with Crippen LogP contribution in [0.3, 0.4) is 0 Å². The van der Waals surface area contributed by atoms with Crippen LogP contribution in [0.1, 0.15) is 32.2 Å². The Morgan fingerprint density at radius 2 is 1.90 bits per heavy atom. The predicted molar refractivity (Wildman–Crippen MR) is 130 cm³/mol. The van der Waals surface area contributed by atoms with Crippen LogP contribution in [0.5, 0.6) is 0 Å². The molecule has 0 saturated carbocycles. The minimum absolute atomic E-state index is 0.221. The molecule has 2 aromatic heterocycles. The van der Waals surface area contributed by atoms with E-state index in [1.165, 1.54) is 22.5 Å². The van der Waals surface area contributed by atoms with Crippen LogP contribution in [0.25, 0.3) is 10.2 Å². The number of H-pyrrole nitrogens is 1. The molecule has 1 amide bonds. The Bertz CT molecular complexity index is 1340. The second-order valence-electron chi connectivity index (χ2n) is 7.27.